The molecule has 4 nitrogen and oxygen atoms in total. The third-order valence-corrected chi connectivity index (χ3v) is 8.38. The number of hydrogen-bond acceptors (Lipinski definition) is 2. The monoisotopic (exact) mass is 471 g/mol. The molecule has 1 aromatic heterocycles. The molecule has 2 saturated carbocycles. The summed E-state index contributed by atoms with van der Waals surface area (Å²) in [6, 6.07) is 18.1. The quantitative estimate of drug-likeness (QED) is 0.417. The van der Waals surface area contributed by atoms with Crippen molar-refractivity contribution in [2.45, 2.75) is 95.7 Å². The highest BCUT2D eigenvalue weighted by atomic mass is 16.1. The molecule has 0 radical (unpaired) electrons. The smallest absolute Gasteiger partial charge is 0.221 e. The number of carbonyl (C=O) groups is 1. The molecule has 3 aromatic rings. The molecule has 0 bridgehead atoms. The highest BCUT2D eigenvalue weighted by molar-refractivity contribution is 5.86. The molecule has 1 amide bonds. The van der Waals surface area contributed by atoms with E-state index >= 15 is 0 Å². The van der Waals surface area contributed by atoms with Crippen LogP contribution in [0.25, 0.3) is 10.9 Å². The summed E-state index contributed by atoms with van der Waals surface area (Å²) >= 11 is 0. The maximum absolute atomic E-state index is 13.3. The molecule has 2 fully saturated rings. The molecule has 1 atom stereocenters. The zero-order valence-electron chi connectivity index (χ0n) is 21.2. The molecule has 2 aromatic carbocycles. The Hall–Kier alpha value is -2.59. The van der Waals surface area contributed by atoms with Crippen LogP contribution in [-0.4, -0.2) is 22.6 Å². The van der Waals surface area contributed by atoms with Crippen molar-refractivity contribution >= 4 is 16.8 Å². The summed E-state index contributed by atoms with van der Waals surface area (Å²) in [6.45, 7) is 3.20. The van der Waals surface area contributed by atoms with Gasteiger partial charge in [-0.1, -0.05) is 67.3 Å². The summed E-state index contributed by atoms with van der Waals surface area (Å²) in [5, 5.41) is 4.62. The fraction of sp³-hybridized carbons (Fsp3) is 0.516. The van der Waals surface area contributed by atoms with Crippen molar-refractivity contribution in [2.75, 3.05) is 0 Å². The van der Waals surface area contributed by atoms with Crippen LogP contribution in [-0.2, 0) is 11.3 Å². The Morgan fingerprint density at radius 2 is 1.69 bits per heavy atom. The fourth-order valence-electron chi connectivity index (χ4n) is 6.29. The van der Waals surface area contributed by atoms with Crippen molar-refractivity contribution < 1.29 is 4.79 Å². The molecule has 186 valence electrons. The molecule has 0 aliphatic heterocycles. The number of para-hydroxylation sites is 1. The molecule has 2 aliphatic rings. The molecule has 3 N–H and O–H groups in total. The Labute approximate surface area is 210 Å². The van der Waals surface area contributed by atoms with Crippen LogP contribution in [0.2, 0.25) is 0 Å². The van der Waals surface area contributed by atoms with Crippen LogP contribution in [0.1, 0.15) is 86.8 Å². The van der Waals surface area contributed by atoms with Crippen molar-refractivity contribution in [3.63, 3.8) is 0 Å². The minimum atomic E-state index is 0.0407. The molecule has 4 heteroatoms. The number of benzene rings is 2. The first-order valence-electron chi connectivity index (χ1n) is 13.8. The van der Waals surface area contributed by atoms with Gasteiger partial charge in [-0.15, -0.1) is 0 Å². The van der Waals surface area contributed by atoms with Crippen LogP contribution >= 0.6 is 0 Å². The Kier molecular flexibility index (Phi) is 7.57. The average molecular weight is 472 g/mol. The first kappa shape index (κ1) is 24.1. The highest BCUT2D eigenvalue weighted by Crippen LogP contribution is 2.36. The molecule has 0 spiro atoms. The Bertz CT molecular complexity index is 1120. The van der Waals surface area contributed by atoms with Gasteiger partial charge in [-0.05, 0) is 68.6 Å². The Balaban J connectivity index is 1.44. The number of nitrogens with zero attached hydrogens (tertiary/aromatic N) is 1. The van der Waals surface area contributed by atoms with E-state index < -0.39 is 0 Å². The van der Waals surface area contributed by atoms with Crippen molar-refractivity contribution in [3.05, 3.63) is 71.4 Å². The summed E-state index contributed by atoms with van der Waals surface area (Å²) < 4.78 is 2.47. The third-order valence-electron chi connectivity index (χ3n) is 8.38. The van der Waals surface area contributed by atoms with E-state index in [0.29, 0.717) is 12.5 Å². The topological polar surface area (TPSA) is 60.1 Å². The number of rotatable bonds is 7. The van der Waals surface area contributed by atoms with E-state index in [1.807, 2.05) is 0 Å². The average Bonchev–Trinajstić information content (AvgIpc) is 3.23. The third kappa shape index (κ3) is 5.81. The van der Waals surface area contributed by atoms with E-state index in [1.54, 1.807) is 0 Å². The predicted octanol–water partition coefficient (Wildman–Crippen LogP) is 6.44. The number of aromatic nitrogens is 1. The second-order valence-corrected chi connectivity index (χ2v) is 11.1. The van der Waals surface area contributed by atoms with Crippen LogP contribution in [0.4, 0.5) is 0 Å². The van der Waals surface area contributed by atoms with Gasteiger partial charge in [0, 0.05) is 48.1 Å². The van der Waals surface area contributed by atoms with E-state index in [1.165, 1.54) is 59.7 Å². The van der Waals surface area contributed by atoms with Crippen LogP contribution in [0.5, 0.6) is 0 Å². The van der Waals surface area contributed by atoms with Gasteiger partial charge in [0.05, 0.1) is 0 Å². The number of carbonyl (C=O) groups excluding carboxylic acids is 1. The minimum absolute atomic E-state index is 0.0407. The van der Waals surface area contributed by atoms with E-state index in [4.69, 9.17) is 5.73 Å². The van der Waals surface area contributed by atoms with Crippen LogP contribution in [0.3, 0.4) is 0 Å². The van der Waals surface area contributed by atoms with Crippen LogP contribution < -0.4 is 11.1 Å². The normalized spacial score (nSPS) is 22.2. The number of aryl methyl sites for hydroxylation is 1. The van der Waals surface area contributed by atoms with Gasteiger partial charge < -0.3 is 15.6 Å². The standard InChI is InChI=1S/C31H41N3O/c1-22-11-13-24(14-12-22)28(19-31(35)33-26-17-15-25(32)16-18-26)29-21-34(20-23-7-3-2-4-8-23)30-10-6-5-9-27(29)30/h5-6,9-14,21,23,25-26,28H,2-4,7-8,15-20,32H2,1H3,(H,33,35). The maximum Gasteiger partial charge on any atom is 0.221 e. The summed E-state index contributed by atoms with van der Waals surface area (Å²) in [5.74, 6) is 0.949. The van der Waals surface area contributed by atoms with Crippen molar-refractivity contribution in [2.24, 2.45) is 11.7 Å². The van der Waals surface area contributed by atoms with Gasteiger partial charge in [0.15, 0.2) is 0 Å². The van der Waals surface area contributed by atoms with Gasteiger partial charge in [-0.25, -0.2) is 0 Å². The lowest BCUT2D eigenvalue weighted by Crippen LogP contribution is -2.40. The van der Waals surface area contributed by atoms with Crippen molar-refractivity contribution in [1.29, 1.82) is 0 Å². The van der Waals surface area contributed by atoms with Gasteiger partial charge in [-0.2, -0.15) is 0 Å². The maximum atomic E-state index is 13.3. The molecule has 1 unspecified atom stereocenters. The highest BCUT2D eigenvalue weighted by Gasteiger charge is 2.26. The first-order valence-corrected chi connectivity index (χ1v) is 13.8. The fourth-order valence-corrected chi connectivity index (χ4v) is 6.29. The molecule has 35 heavy (non-hydrogen) atoms. The predicted molar refractivity (Wildman–Crippen MR) is 145 cm³/mol. The molecule has 0 saturated heterocycles. The van der Waals surface area contributed by atoms with Crippen LogP contribution in [0.15, 0.2) is 54.7 Å². The summed E-state index contributed by atoms with van der Waals surface area (Å²) in [7, 11) is 0. The van der Waals surface area contributed by atoms with E-state index in [-0.39, 0.29) is 17.9 Å². The zero-order chi connectivity index (χ0) is 24.2. The lowest BCUT2D eigenvalue weighted by atomic mass is 9.87. The van der Waals surface area contributed by atoms with Crippen molar-refractivity contribution in [1.82, 2.24) is 9.88 Å². The Morgan fingerprint density at radius 3 is 2.43 bits per heavy atom. The summed E-state index contributed by atoms with van der Waals surface area (Å²) in [4.78, 5) is 13.3. The molecule has 5 rings (SSSR count). The van der Waals surface area contributed by atoms with Gasteiger partial charge in [-0.3, -0.25) is 4.79 Å². The van der Waals surface area contributed by atoms with E-state index in [2.05, 4.69) is 71.5 Å². The van der Waals surface area contributed by atoms with Gasteiger partial charge in [0.25, 0.3) is 0 Å². The van der Waals surface area contributed by atoms with Gasteiger partial charge in [0.2, 0.25) is 5.91 Å². The molecule has 2 aliphatic carbocycles. The first-order chi connectivity index (χ1) is 17.1. The number of amides is 1. The van der Waals surface area contributed by atoms with Crippen LogP contribution in [0, 0.1) is 12.8 Å². The van der Waals surface area contributed by atoms with E-state index in [0.717, 1.165) is 38.1 Å². The summed E-state index contributed by atoms with van der Waals surface area (Å²) in [5.41, 5.74) is 11.1. The number of fused-ring (bicyclic) bond motifs is 1. The number of hydrogen-bond donors (Lipinski definition) is 2. The summed E-state index contributed by atoms with van der Waals surface area (Å²) in [6.07, 6.45) is 13.6. The Morgan fingerprint density at radius 1 is 0.971 bits per heavy atom. The number of nitrogens with two attached hydrogens (primary N) is 1. The van der Waals surface area contributed by atoms with Gasteiger partial charge in [0.1, 0.15) is 0 Å². The lowest BCUT2D eigenvalue weighted by Gasteiger charge is -2.27. The number of nitrogens with one attached hydrogen (secondary N) is 1. The molecule has 1 heterocycles. The van der Waals surface area contributed by atoms with E-state index in [9.17, 15) is 4.79 Å². The molecular formula is C31H41N3O. The van der Waals surface area contributed by atoms with Crippen molar-refractivity contribution in [3.8, 4) is 0 Å². The second-order valence-electron chi connectivity index (χ2n) is 11.1. The lowest BCUT2D eigenvalue weighted by molar-refractivity contribution is -0.122. The SMILES string of the molecule is Cc1ccc(C(CC(=O)NC2CCC(N)CC2)c2cn(CC3CCCCC3)c3ccccc23)cc1. The molecular weight excluding hydrogens is 430 g/mol. The minimum Gasteiger partial charge on any atom is -0.353 e. The second kappa shape index (κ2) is 11.0. The largest absolute Gasteiger partial charge is 0.353 e. The zero-order valence-corrected chi connectivity index (χ0v) is 21.2. The van der Waals surface area contributed by atoms with Gasteiger partial charge >= 0.3 is 0 Å².